The van der Waals surface area contributed by atoms with Crippen LogP contribution in [0.3, 0.4) is 0 Å². The van der Waals surface area contributed by atoms with Gasteiger partial charge in [-0.05, 0) is 67.1 Å². The second kappa shape index (κ2) is 6.09. The van der Waals surface area contributed by atoms with E-state index in [1.807, 2.05) is 24.3 Å². The van der Waals surface area contributed by atoms with Crippen LogP contribution in [0, 0.1) is 12.7 Å². The number of hydrazine groups is 1. The van der Waals surface area contributed by atoms with Crippen molar-refractivity contribution in [1.82, 2.24) is 5.01 Å². The normalized spacial score (nSPS) is 15.8. The van der Waals surface area contributed by atoms with Crippen molar-refractivity contribution in [3.63, 3.8) is 0 Å². The predicted octanol–water partition coefficient (Wildman–Crippen LogP) is 4.15. The van der Waals surface area contributed by atoms with Gasteiger partial charge in [0.1, 0.15) is 17.4 Å². The van der Waals surface area contributed by atoms with E-state index in [1.165, 1.54) is 12.1 Å². The van der Waals surface area contributed by atoms with Gasteiger partial charge in [-0.1, -0.05) is 0 Å². The molecule has 2 heterocycles. The molecule has 25 heavy (non-hydrogen) atoms. The van der Waals surface area contributed by atoms with Crippen LogP contribution < -0.4 is 9.75 Å². The molecule has 0 saturated carbocycles. The van der Waals surface area contributed by atoms with Crippen LogP contribution in [-0.2, 0) is 0 Å². The summed E-state index contributed by atoms with van der Waals surface area (Å²) in [4.78, 5) is 4.47. The molecule has 2 aliphatic rings. The average molecular weight is 335 g/mol. The van der Waals surface area contributed by atoms with Gasteiger partial charge in [0.15, 0.2) is 0 Å². The summed E-state index contributed by atoms with van der Waals surface area (Å²) in [5.74, 6) is 1.46. The molecular weight excluding hydrogens is 317 g/mol. The van der Waals surface area contributed by atoms with Crippen LogP contribution in [0.15, 0.2) is 65.4 Å². The standard InChI is InChI=1S/C20H18FN3O/c1-14-13-17(25-2)7-8-18(14)23-12-10-20-22-11-9-19(24(20)23)15-3-5-16(21)6-4-15/h3-11,13H,12H2,1-2H3. The highest BCUT2D eigenvalue weighted by Gasteiger charge is 2.30. The number of ether oxygens (including phenoxy) is 1. The monoisotopic (exact) mass is 335 g/mol. The van der Waals surface area contributed by atoms with Gasteiger partial charge in [0.2, 0.25) is 0 Å². The first-order chi connectivity index (χ1) is 12.2. The number of anilines is 1. The summed E-state index contributed by atoms with van der Waals surface area (Å²) in [5, 5.41) is 4.23. The number of rotatable bonds is 3. The number of aryl methyl sites for hydroxylation is 1. The topological polar surface area (TPSA) is 28.1 Å². The predicted molar refractivity (Wildman–Crippen MR) is 97.9 cm³/mol. The Labute approximate surface area is 146 Å². The third-order valence-electron chi connectivity index (χ3n) is 4.39. The molecule has 0 spiro atoms. The highest BCUT2D eigenvalue weighted by Crippen LogP contribution is 2.37. The van der Waals surface area contributed by atoms with Gasteiger partial charge in [0, 0.05) is 11.8 Å². The van der Waals surface area contributed by atoms with E-state index in [2.05, 4.69) is 28.0 Å². The molecule has 2 aliphatic heterocycles. The molecule has 5 heteroatoms. The molecule has 0 N–H and O–H groups in total. The molecular formula is C20H18FN3O. The molecule has 0 fully saturated rings. The minimum atomic E-state index is -0.242. The van der Waals surface area contributed by atoms with E-state index in [9.17, 15) is 4.39 Å². The van der Waals surface area contributed by atoms with Crippen LogP contribution in [0.4, 0.5) is 10.1 Å². The third-order valence-corrected chi connectivity index (χ3v) is 4.39. The number of allylic oxidation sites excluding steroid dienone is 1. The van der Waals surface area contributed by atoms with E-state index in [0.29, 0.717) is 0 Å². The fraction of sp³-hybridized carbons (Fsp3) is 0.150. The molecule has 126 valence electrons. The van der Waals surface area contributed by atoms with Crippen LogP contribution in [0.2, 0.25) is 0 Å². The molecule has 0 aliphatic carbocycles. The van der Waals surface area contributed by atoms with E-state index < -0.39 is 0 Å². The van der Waals surface area contributed by atoms with Crippen LogP contribution in [-0.4, -0.2) is 24.9 Å². The second-order valence-electron chi connectivity index (χ2n) is 5.95. The number of aliphatic imine (C=N–C) groups is 1. The molecule has 0 radical (unpaired) electrons. The van der Waals surface area contributed by atoms with E-state index in [0.717, 1.165) is 40.6 Å². The van der Waals surface area contributed by atoms with Gasteiger partial charge in [-0.25, -0.2) is 14.4 Å². The number of methoxy groups -OCH3 is 1. The van der Waals surface area contributed by atoms with E-state index in [-0.39, 0.29) is 5.82 Å². The Morgan fingerprint density at radius 2 is 1.92 bits per heavy atom. The van der Waals surface area contributed by atoms with Gasteiger partial charge >= 0.3 is 0 Å². The SMILES string of the molecule is COc1ccc(N2CC=C3N=CC=C(c4ccc(F)cc4)N32)c(C)c1. The largest absolute Gasteiger partial charge is 0.497 e. The van der Waals surface area contributed by atoms with Crippen molar-refractivity contribution in [3.05, 3.63) is 77.4 Å². The van der Waals surface area contributed by atoms with Crippen molar-refractivity contribution in [2.45, 2.75) is 6.92 Å². The minimum Gasteiger partial charge on any atom is -0.497 e. The first-order valence-corrected chi connectivity index (χ1v) is 8.10. The number of nitrogens with zero attached hydrogens (tertiary/aromatic N) is 3. The van der Waals surface area contributed by atoms with Gasteiger partial charge in [-0.2, -0.15) is 0 Å². The van der Waals surface area contributed by atoms with Crippen molar-refractivity contribution in [3.8, 4) is 5.75 Å². The summed E-state index contributed by atoms with van der Waals surface area (Å²) in [6.45, 7) is 2.78. The molecule has 2 aromatic rings. The number of hydrogen-bond acceptors (Lipinski definition) is 4. The molecule has 0 unspecified atom stereocenters. The van der Waals surface area contributed by atoms with Crippen LogP contribution >= 0.6 is 0 Å². The lowest BCUT2D eigenvalue weighted by Gasteiger charge is -2.36. The maximum atomic E-state index is 13.3. The Balaban J connectivity index is 1.74. The summed E-state index contributed by atoms with van der Waals surface area (Å²) in [5.41, 5.74) is 4.10. The summed E-state index contributed by atoms with van der Waals surface area (Å²) in [6, 6.07) is 12.5. The Kier molecular flexibility index (Phi) is 3.76. The van der Waals surface area contributed by atoms with Gasteiger partial charge in [0.05, 0.1) is 25.0 Å². The van der Waals surface area contributed by atoms with Crippen LogP contribution in [0.1, 0.15) is 11.1 Å². The van der Waals surface area contributed by atoms with Gasteiger partial charge < -0.3 is 4.74 Å². The smallest absolute Gasteiger partial charge is 0.149 e. The molecule has 0 aromatic heterocycles. The number of halogens is 1. The summed E-state index contributed by atoms with van der Waals surface area (Å²) >= 11 is 0. The zero-order valence-electron chi connectivity index (χ0n) is 14.1. The molecule has 0 amide bonds. The number of benzene rings is 2. The Morgan fingerprint density at radius 3 is 2.64 bits per heavy atom. The third kappa shape index (κ3) is 2.67. The van der Waals surface area contributed by atoms with Gasteiger partial charge in [-0.15, -0.1) is 0 Å². The molecule has 0 saturated heterocycles. The van der Waals surface area contributed by atoms with E-state index in [1.54, 1.807) is 25.5 Å². The van der Waals surface area contributed by atoms with Crippen LogP contribution in [0.5, 0.6) is 5.75 Å². The van der Waals surface area contributed by atoms with E-state index >= 15 is 0 Å². The summed E-state index contributed by atoms with van der Waals surface area (Å²) in [6.07, 6.45) is 5.81. The molecule has 4 rings (SSSR count). The Morgan fingerprint density at radius 1 is 1.12 bits per heavy atom. The van der Waals surface area contributed by atoms with E-state index in [4.69, 9.17) is 4.74 Å². The maximum absolute atomic E-state index is 13.3. The minimum absolute atomic E-state index is 0.242. The lowest BCUT2D eigenvalue weighted by Crippen LogP contribution is -2.37. The summed E-state index contributed by atoms with van der Waals surface area (Å²) in [7, 11) is 1.67. The fourth-order valence-electron chi connectivity index (χ4n) is 3.17. The van der Waals surface area contributed by atoms with Crippen molar-refractivity contribution in [2.75, 3.05) is 18.7 Å². The molecule has 0 bridgehead atoms. The number of fused-ring (bicyclic) bond motifs is 1. The Hall–Kier alpha value is -3.08. The van der Waals surface area contributed by atoms with Gasteiger partial charge in [-0.3, -0.25) is 5.01 Å². The molecule has 2 aromatic carbocycles. The fourth-order valence-corrected chi connectivity index (χ4v) is 3.17. The quantitative estimate of drug-likeness (QED) is 0.844. The Bertz CT molecular complexity index is 900. The van der Waals surface area contributed by atoms with Crippen LogP contribution in [0.25, 0.3) is 5.70 Å². The molecule has 0 atom stereocenters. The average Bonchev–Trinajstić information content (AvgIpc) is 3.06. The van der Waals surface area contributed by atoms with Gasteiger partial charge in [0.25, 0.3) is 0 Å². The highest BCUT2D eigenvalue weighted by molar-refractivity contribution is 5.88. The van der Waals surface area contributed by atoms with Crippen molar-refractivity contribution in [1.29, 1.82) is 0 Å². The van der Waals surface area contributed by atoms with Crippen molar-refractivity contribution < 1.29 is 9.13 Å². The van der Waals surface area contributed by atoms with Crippen molar-refractivity contribution >= 4 is 17.6 Å². The first kappa shape index (κ1) is 15.4. The summed E-state index contributed by atoms with van der Waals surface area (Å²) < 4.78 is 18.6. The number of hydrogen-bond donors (Lipinski definition) is 0. The zero-order chi connectivity index (χ0) is 17.4. The highest BCUT2D eigenvalue weighted by atomic mass is 19.1. The lowest BCUT2D eigenvalue weighted by molar-refractivity contribution is 0.414. The van der Waals surface area contributed by atoms with Crippen molar-refractivity contribution in [2.24, 2.45) is 4.99 Å². The molecule has 4 nitrogen and oxygen atoms in total. The second-order valence-corrected chi connectivity index (χ2v) is 5.95. The zero-order valence-corrected chi connectivity index (χ0v) is 14.1. The first-order valence-electron chi connectivity index (χ1n) is 8.10. The lowest BCUT2D eigenvalue weighted by atomic mass is 10.1. The maximum Gasteiger partial charge on any atom is 0.149 e.